The van der Waals surface area contributed by atoms with Crippen molar-refractivity contribution in [2.45, 2.75) is 32.9 Å². The molecule has 1 saturated heterocycles. The number of aryl methyl sites for hydroxylation is 1. The molecule has 0 unspecified atom stereocenters. The van der Waals surface area contributed by atoms with Gasteiger partial charge in [0, 0.05) is 18.1 Å². The molecule has 0 aliphatic carbocycles. The molecule has 1 aliphatic heterocycles. The minimum Gasteiger partial charge on any atom is -0.393 e. The Labute approximate surface area is 108 Å². The van der Waals surface area contributed by atoms with Crippen LogP contribution in [0, 0.1) is 12.8 Å². The van der Waals surface area contributed by atoms with Crippen LogP contribution in [0.3, 0.4) is 0 Å². The maximum Gasteiger partial charge on any atom is 0.0552 e. The van der Waals surface area contributed by atoms with Crippen molar-refractivity contribution in [3.8, 4) is 0 Å². The molecule has 2 nitrogen and oxygen atoms in total. The molecule has 0 saturated carbocycles. The summed E-state index contributed by atoms with van der Waals surface area (Å²) in [4.78, 5) is 2.41. The Morgan fingerprint density at radius 3 is 2.88 bits per heavy atom. The molecule has 3 heteroatoms. The van der Waals surface area contributed by atoms with E-state index in [2.05, 4.69) is 17.9 Å². The first kappa shape index (κ1) is 12.9. The molecular weight excluding hydrogens is 234 g/mol. The van der Waals surface area contributed by atoms with Crippen molar-refractivity contribution < 1.29 is 5.11 Å². The maximum absolute atomic E-state index is 9.58. The number of nitrogens with zero attached hydrogens (tertiary/aromatic N) is 1. The third kappa shape index (κ3) is 3.21. The van der Waals surface area contributed by atoms with Gasteiger partial charge < -0.3 is 5.11 Å². The largest absolute Gasteiger partial charge is 0.393 e. The third-order valence-electron chi connectivity index (χ3n) is 3.69. The van der Waals surface area contributed by atoms with E-state index in [9.17, 15) is 5.11 Å². The molecule has 2 atom stereocenters. The van der Waals surface area contributed by atoms with Crippen LogP contribution in [0.2, 0.25) is 5.02 Å². The standard InChI is InChI=1S/C14H20ClNO/c1-10-7-14(15)4-3-12(10)8-16-6-5-13(9-16)11(2)17/h3-4,7,11,13,17H,5-6,8-9H2,1-2H3/t11-,13-/m1/s1. The zero-order chi connectivity index (χ0) is 12.4. The van der Waals surface area contributed by atoms with Gasteiger partial charge >= 0.3 is 0 Å². The molecule has 1 heterocycles. The van der Waals surface area contributed by atoms with E-state index in [0.717, 1.165) is 31.1 Å². The molecule has 1 aromatic carbocycles. The molecule has 0 radical (unpaired) electrons. The van der Waals surface area contributed by atoms with E-state index in [1.165, 1.54) is 11.1 Å². The van der Waals surface area contributed by atoms with Crippen LogP contribution in [0.25, 0.3) is 0 Å². The zero-order valence-electron chi connectivity index (χ0n) is 10.5. The van der Waals surface area contributed by atoms with Gasteiger partial charge in [0.2, 0.25) is 0 Å². The quantitative estimate of drug-likeness (QED) is 0.896. The molecule has 0 spiro atoms. The summed E-state index contributed by atoms with van der Waals surface area (Å²) in [5.74, 6) is 0.433. The van der Waals surface area contributed by atoms with E-state index >= 15 is 0 Å². The van der Waals surface area contributed by atoms with E-state index in [0.29, 0.717) is 5.92 Å². The molecule has 1 N–H and O–H groups in total. The topological polar surface area (TPSA) is 23.5 Å². The summed E-state index contributed by atoms with van der Waals surface area (Å²) in [5, 5.41) is 10.4. The van der Waals surface area contributed by atoms with Gasteiger partial charge in [-0.05, 0) is 56.0 Å². The first-order chi connectivity index (χ1) is 8.06. The van der Waals surface area contributed by atoms with Crippen LogP contribution in [-0.4, -0.2) is 29.2 Å². The second-order valence-electron chi connectivity index (χ2n) is 5.10. The SMILES string of the molecule is Cc1cc(Cl)ccc1CN1CC[C@@H]([C@@H](C)O)C1. The van der Waals surface area contributed by atoms with Crippen LogP contribution in [0.5, 0.6) is 0 Å². The van der Waals surface area contributed by atoms with Crippen LogP contribution in [0.4, 0.5) is 0 Å². The highest BCUT2D eigenvalue weighted by Crippen LogP contribution is 2.23. The number of hydrogen-bond donors (Lipinski definition) is 1. The van der Waals surface area contributed by atoms with E-state index in [1.807, 2.05) is 19.1 Å². The Hall–Kier alpha value is -0.570. The number of hydrogen-bond acceptors (Lipinski definition) is 2. The second kappa shape index (κ2) is 5.38. The number of halogens is 1. The number of likely N-dealkylation sites (tertiary alicyclic amines) is 1. The average molecular weight is 254 g/mol. The van der Waals surface area contributed by atoms with E-state index in [-0.39, 0.29) is 6.10 Å². The fraction of sp³-hybridized carbons (Fsp3) is 0.571. The summed E-state index contributed by atoms with van der Waals surface area (Å²) in [6, 6.07) is 6.07. The number of rotatable bonds is 3. The third-order valence-corrected chi connectivity index (χ3v) is 3.92. The molecule has 1 aromatic rings. The summed E-state index contributed by atoms with van der Waals surface area (Å²) in [5.41, 5.74) is 2.58. The molecule has 0 bridgehead atoms. The Morgan fingerprint density at radius 1 is 1.53 bits per heavy atom. The number of benzene rings is 1. The van der Waals surface area contributed by atoms with Crippen molar-refractivity contribution in [2.75, 3.05) is 13.1 Å². The summed E-state index contributed by atoms with van der Waals surface area (Å²) in [6.45, 7) is 7.04. The highest BCUT2D eigenvalue weighted by molar-refractivity contribution is 6.30. The second-order valence-corrected chi connectivity index (χ2v) is 5.53. The molecule has 2 rings (SSSR count). The Bertz CT molecular complexity index is 392. The molecule has 94 valence electrons. The van der Waals surface area contributed by atoms with Gasteiger partial charge in [-0.3, -0.25) is 4.90 Å². The summed E-state index contributed by atoms with van der Waals surface area (Å²) >= 11 is 5.95. The van der Waals surface area contributed by atoms with E-state index in [4.69, 9.17) is 11.6 Å². The van der Waals surface area contributed by atoms with Gasteiger partial charge in [0.25, 0.3) is 0 Å². The van der Waals surface area contributed by atoms with Crippen LogP contribution < -0.4 is 0 Å². The lowest BCUT2D eigenvalue weighted by Crippen LogP contribution is -2.24. The predicted molar refractivity (Wildman–Crippen MR) is 71.3 cm³/mol. The van der Waals surface area contributed by atoms with E-state index in [1.54, 1.807) is 0 Å². The molecule has 0 aromatic heterocycles. The fourth-order valence-corrected chi connectivity index (χ4v) is 2.70. The van der Waals surface area contributed by atoms with Gasteiger partial charge in [-0.25, -0.2) is 0 Å². The molecular formula is C14H20ClNO. The van der Waals surface area contributed by atoms with Gasteiger partial charge in [-0.15, -0.1) is 0 Å². The summed E-state index contributed by atoms with van der Waals surface area (Å²) in [7, 11) is 0. The van der Waals surface area contributed by atoms with Crippen LogP contribution >= 0.6 is 11.6 Å². The number of aliphatic hydroxyl groups is 1. The molecule has 17 heavy (non-hydrogen) atoms. The number of aliphatic hydroxyl groups excluding tert-OH is 1. The average Bonchev–Trinajstić information content (AvgIpc) is 2.71. The van der Waals surface area contributed by atoms with Gasteiger partial charge in [0.05, 0.1) is 6.10 Å². The highest BCUT2D eigenvalue weighted by atomic mass is 35.5. The Kier molecular flexibility index (Phi) is 4.08. The zero-order valence-corrected chi connectivity index (χ0v) is 11.2. The lowest BCUT2D eigenvalue weighted by Gasteiger charge is -2.18. The maximum atomic E-state index is 9.58. The van der Waals surface area contributed by atoms with Crippen LogP contribution in [-0.2, 0) is 6.54 Å². The Balaban J connectivity index is 1.98. The highest BCUT2D eigenvalue weighted by Gasteiger charge is 2.25. The smallest absolute Gasteiger partial charge is 0.0552 e. The van der Waals surface area contributed by atoms with Gasteiger partial charge in [0.15, 0.2) is 0 Å². The minimum atomic E-state index is -0.189. The lowest BCUT2D eigenvalue weighted by molar-refractivity contribution is 0.127. The van der Waals surface area contributed by atoms with Gasteiger partial charge in [-0.2, -0.15) is 0 Å². The van der Waals surface area contributed by atoms with E-state index < -0.39 is 0 Å². The first-order valence-corrected chi connectivity index (χ1v) is 6.59. The monoisotopic (exact) mass is 253 g/mol. The van der Waals surface area contributed by atoms with Gasteiger partial charge in [-0.1, -0.05) is 17.7 Å². The van der Waals surface area contributed by atoms with Crippen molar-refractivity contribution in [1.82, 2.24) is 4.90 Å². The minimum absolute atomic E-state index is 0.189. The fourth-order valence-electron chi connectivity index (χ4n) is 2.48. The molecule has 0 amide bonds. The van der Waals surface area contributed by atoms with Crippen LogP contribution in [0.15, 0.2) is 18.2 Å². The van der Waals surface area contributed by atoms with Gasteiger partial charge in [0.1, 0.15) is 0 Å². The van der Waals surface area contributed by atoms with Crippen LogP contribution in [0.1, 0.15) is 24.5 Å². The lowest BCUT2D eigenvalue weighted by atomic mass is 10.0. The normalized spacial score (nSPS) is 22.9. The molecule has 1 aliphatic rings. The van der Waals surface area contributed by atoms with Crippen molar-refractivity contribution >= 4 is 11.6 Å². The van der Waals surface area contributed by atoms with Crippen molar-refractivity contribution in [3.05, 3.63) is 34.3 Å². The Morgan fingerprint density at radius 2 is 2.29 bits per heavy atom. The van der Waals surface area contributed by atoms with Crippen molar-refractivity contribution in [3.63, 3.8) is 0 Å². The first-order valence-electron chi connectivity index (χ1n) is 6.21. The van der Waals surface area contributed by atoms with Crippen molar-refractivity contribution in [2.24, 2.45) is 5.92 Å². The summed E-state index contributed by atoms with van der Waals surface area (Å²) < 4.78 is 0. The van der Waals surface area contributed by atoms with Crippen molar-refractivity contribution in [1.29, 1.82) is 0 Å². The molecule has 1 fully saturated rings. The summed E-state index contributed by atoms with van der Waals surface area (Å²) in [6.07, 6.45) is 0.913. The predicted octanol–water partition coefficient (Wildman–Crippen LogP) is 2.85.